The van der Waals surface area contributed by atoms with Gasteiger partial charge in [-0.3, -0.25) is 0 Å². The average Bonchev–Trinajstić information content (AvgIpc) is 3.03. The number of piperazine rings is 1. The minimum absolute atomic E-state index is 0.607. The summed E-state index contributed by atoms with van der Waals surface area (Å²) in [7, 11) is 4.38. The van der Waals surface area contributed by atoms with Crippen molar-refractivity contribution in [3.63, 3.8) is 0 Å². The molecule has 6 nitrogen and oxygen atoms in total. The molecular weight excluding hydrogens is 320 g/mol. The number of anilines is 1. The van der Waals surface area contributed by atoms with Crippen molar-refractivity contribution in [2.75, 3.05) is 50.9 Å². The summed E-state index contributed by atoms with van der Waals surface area (Å²) in [5.41, 5.74) is 0.924. The molecule has 7 heteroatoms. The van der Waals surface area contributed by atoms with Gasteiger partial charge in [-0.15, -0.1) is 0 Å². The smallest absolute Gasteiger partial charge is 0.142 e. The highest BCUT2D eigenvalue weighted by Crippen LogP contribution is 2.37. The Morgan fingerprint density at radius 1 is 1.25 bits per heavy atom. The monoisotopic (exact) mass is 346 g/mol. The number of H-pyrrole nitrogens is 1. The molecule has 1 saturated carbocycles. The van der Waals surface area contributed by atoms with E-state index in [0.29, 0.717) is 6.04 Å². The Morgan fingerprint density at radius 2 is 2.04 bits per heavy atom. The van der Waals surface area contributed by atoms with Crippen LogP contribution in [0.2, 0.25) is 0 Å². The first kappa shape index (κ1) is 16.2. The molecule has 3 heterocycles. The summed E-state index contributed by atoms with van der Waals surface area (Å²) in [6, 6.07) is 2.68. The van der Waals surface area contributed by atoms with Crippen LogP contribution >= 0.6 is 11.9 Å². The maximum Gasteiger partial charge on any atom is 0.142 e. The van der Waals surface area contributed by atoms with Crippen molar-refractivity contribution in [1.82, 2.24) is 24.2 Å². The molecule has 0 atom stereocenters. The summed E-state index contributed by atoms with van der Waals surface area (Å²) >= 11 is 2.05. The lowest BCUT2D eigenvalue weighted by atomic mass is 9.81. The molecule has 2 aromatic rings. The van der Waals surface area contributed by atoms with Crippen molar-refractivity contribution in [1.29, 1.82) is 0 Å². The molecule has 130 valence electrons. The number of aromatic nitrogens is 3. The van der Waals surface area contributed by atoms with E-state index in [1.165, 1.54) is 44.8 Å². The standard InChI is InChI=1S/C17H26N6S/c1-21-5-7-23(8-6-21)24-11-13-9-14(10-13)22(2)17-15-3-4-18-16(15)19-12-20-17/h3-4,12-14H,5-11H2,1-2H3,(H,18,19,20). The summed E-state index contributed by atoms with van der Waals surface area (Å²) in [4.78, 5) is 16.7. The Kier molecular flexibility index (Phi) is 4.65. The zero-order valence-corrected chi connectivity index (χ0v) is 15.3. The number of aromatic amines is 1. The Labute approximate surface area is 147 Å². The second-order valence-corrected chi connectivity index (χ2v) is 8.18. The van der Waals surface area contributed by atoms with Gasteiger partial charge in [-0.1, -0.05) is 11.9 Å². The van der Waals surface area contributed by atoms with E-state index in [4.69, 9.17) is 0 Å². The molecule has 1 aliphatic carbocycles. The first-order valence-electron chi connectivity index (χ1n) is 8.78. The second kappa shape index (κ2) is 6.90. The number of nitrogens with one attached hydrogen (secondary N) is 1. The minimum atomic E-state index is 0.607. The highest BCUT2D eigenvalue weighted by atomic mass is 32.2. The minimum Gasteiger partial charge on any atom is -0.356 e. The summed E-state index contributed by atoms with van der Waals surface area (Å²) in [6.45, 7) is 4.79. The number of hydrogen-bond acceptors (Lipinski definition) is 6. The molecule has 0 spiro atoms. The molecule has 1 N–H and O–H groups in total. The van der Waals surface area contributed by atoms with Gasteiger partial charge in [-0.05, 0) is 31.9 Å². The molecule has 24 heavy (non-hydrogen) atoms. The fraction of sp³-hybridized carbons (Fsp3) is 0.647. The Hall–Kier alpha value is -1.31. The summed E-state index contributed by atoms with van der Waals surface area (Å²) in [6.07, 6.45) is 6.14. The number of hydrogen-bond donors (Lipinski definition) is 1. The van der Waals surface area contributed by atoms with E-state index in [1.807, 2.05) is 6.20 Å². The van der Waals surface area contributed by atoms with Crippen molar-refractivity contribution < 1.29 is 0 Å². The van der Waals surface area contributed by atoms with Crippen LogP contribution in [-0.4, -0.2) is 76.2 Å². The fourth-order valence-corrected chi connectivity index (χ4v) is 4.71. The van der Waals surface area contributed by atoms with Crippen LogP contribution in [0, 0.1) is 5.92 Å². The van der Waals surface area contributed by atoms with Crippen LogP contribution in [0.3, 0.4) is 0 Å². The van der Waals surface area contributed by atoms with E-state index in [1.54, 1.807) is 6.33 Å². The lowest BCUT2D eigenvalue weighted by molar-refractivity contribution is 0.231. The molecule has 1 aliphatic heterocycles. The average molecular weight is 347 g/mol. The summed E-state index contributed by atoms with van der Waals surface area (Å²) in [5, 5.41) is 1.12. The second-order valence-electron chi connectivity index (χ2n) is 7.07. The molecule has 2 fully saturated rings. The molecule has 1 saturated heterocycles. The van der Waals surface area contributed by atoms with Gasteiger partial charge in [-0.2, -0.15) is 0 Å². The lowest BCUT2D eigenvalue weighted by Gasteiger charge is -2.42. The zero-order valence-electron chi connectivity index (χ0n) is 14.5. The van der Waals surface area contributed by atoms with E-state index in [0.717, 1.165) is 22.8 Å². The van der Waals surface area contributed by atoms with Crippen LogP contribution in [0.5, 0.6) is 0 Å². The summed E-state index contributed by atoms with van der Waals surface area (Å²) in [5.74, 6) is 3.15. The van der Waals surface area contributed by atoms with Crippen LogP contribution in [-0.2, 0) is 0 Å². The first-order chi connectivity index (χ1) is 11.7. The van der Waals surface area contributed by atoms with Gasteiger partial charge in [0.1, 0.15) is 17.8 Å². The third kappa shape index (κ3) is 3.25. The van der Waals surface area contributed by atoms with Gasteiger partial charge in [0.15, 0.2) is 0 Å². The number of rotatable bonds is 5. The van der Waals surface area contributed by atoms with Crippen molar-refractivity contribution in [2.45, 2.75) is 18.9 Å². The molecule has 0 aromatic carbocycles. The largest absolute Gasteiger partial charge is 0.356 e. The lowest BCUT2D eigenvalue weighted by Crippen LogP contribution is -2.45. The normalized spacial score (nSPS) is 25.8. The van der Waals surface area contributed by atoms with Gasteiger partial charge in [0.05, 0.1) is 5.39 Å². The van der Waals surface area contributed by atoms with Gasteiger partial charge in [0, 0.05) is 51.2 Å². The van der Waals surface area contributed by atoms with Gasteiger partial charge in [0.2, 0.25) is 0 Å². The van der Waals surface area contributed by atoms with Gasteiger partial charge in [-0.25, -0.2) is 14.3 Å². The summed E-state index contributed by atoms with van der Waals surface area (Å²) < 4.78 is 2.55. The molecule has 2 aromatic heterocycles. The molecule has 0 unspecified atom stereocenters. The first-order valence-corrected chi connectivity index (χ1v) is 9.72. The molecule has 0 radical (unpaired) electrons. The van der Waals surface area contributed by atoms with E-state index in [9.17, 15) is 0 Å². The third-order valence-corrected chi connectivity index (χ3v) is 6.73. The Morgan fingerprint density at radius 3 is 2.83 bits per heavy atom. The van der Waals surface area contributed by atoms with Gasteiger partial charge < -0.3 is 14.8 Å². The number of fused-ring (bicyclic) bond motifs is 1. The van der Waals surface area contributed by atoms with Crippen molar-refractivity contribution in [3.8, 4) is 0 Å². The quantitative estimate of drug-likeness (QED) is 0.837. The van der Waals surface area contributed by atoms with Crippen LogP contribution in [0.4, 0.5) is 5.82 Å². The molecular formula is C17H26N6S. The number of likely N-dealkylation sites (N-methyl/N-ethyl adjacent to an activating group) is 1. The third-order valence-electron chi connectivity index (χ3n) is 5.38. The predicted molar refractivity (Wildman–Crippen MR) is 100 cm³/mol. The maximum atomic E-state index is 4.51. The number of nitrogens with zero attached hydrogens (tertiary/aromatic N) is 5. The highest BCUT2D eigenvalue weighted by Gasteiger charge is 2.33. The van der Waals surface area contributed by atoms with Crippen LogP contribution in [0.25, 0.3) is 11.0 Å². The van der Waals surface area contributed by atoms with Crippen molar-refractivity contribution >= 4 is 28.8 Å². The predicted octanol–water partition coefficient (Wildman–Crippen LogP) is 2.07. The molecule has 2 aliphatic rings. The molecule has 0 amide bonds. The molecule has 4 rings (SSSR count). The SMILES string of the molecule is CN1CCN(SCC2CC(N(C)c3ncnc4[nH]ccc34)C2)CC1. The van der Waals surface area contributed by atoms with Crippen molar-refractivity contribution in [3.05, 3.63) is 18.6 Å². The highest BCUT2D eigenvalue weighted by molar-refractivity contribution is 7.97. The van der Waals surface area contributed by atoms with E-state index in [-0.39, 0.29) is 0 Å². The van der Waals surface area contributed by atoms with E-state index < -0.39 is 0 Å². The van der Waals surface area contributed by atoms with Crippen LogP contribution < -0.4 is 4.90 Å². The van der Waals surface area contributed by atoms with Gasteiger partial charge >= 0.3 is 0 Å². The Balaban J connectivity index is 1.27. The zero-order chi connectivity index (χ0) is 16.5. The van der Waals surface area contributed by atoms with E-state index in [2.05, 4.69) is 61.2 Å². The van der Waals surface area contributed by atoms with Crippen LogP contribution in [0.15, 0.2) is 18.6 Å². The Bertz CT molecular complexity index is 675. The van der Waals surface area contributed by atoms with Crippen molar-refractivity contribution in [2.24, 2.45) is 5.92 Å². The molecule has 0 bridgehead atoms. The maximum absolute atomic E-state index is 4.51. The topological polar surface area (TPSA) is 51.3 Å². The van der Waals surface area contributed by atoms with E-state index >= 15 is 0 Å². The van der Waals surface area contributed by atoms with Gasteiger partial charge in [0.25, 0.3) is 0 Å². The van der Waals surface area contributed by atoms with Crippen LogP contribution in [0.1, 0.15) is 12.8 Å². The fourth-order valence-electron chi connectivity index (χ4n) is 3.59.